The SMILES string of the molecule is [2H]C([2H])(C)C(C)(C)C(F)F. The molecule has 0 aromatic carbocycles. The molecule has 0 fully saturated rings. The maximum Gasteiger partial charge on any atom is 0.243 e. The highest BCUT2D eigenvalue weighted by atomic mass is 19.3. The predicted molar refractivity (Wildman–Crippen MR) is 30.1 cm³/mol. The summed E-state index contributed by atoms with van der Waals surface area (Å²) in [6.45, 7) is 3.61. The van der Waals surface area contributed by atoms with E-state index in [9.17, 15) is 8.78 Å². The molecule has 0 aromatic rings. The van der Waals surface area contributed by atoms with E-state index >= 15 is 0 Å². The summed E-state index contributed by atoms with van der Waals surface area (Å²) in [6.07, 6.45) is -4.45. The van der Waals surface area contributed by atoms with Crippen molar-refractivity contribution in [2.75, 3.05) is 0 Å². The molecule has 0 rings (SSSR count). The monoisotopic (exact) mass is 124 g/mol. The summed E-state index contributed by atoms with van der Waals surface area (Å²) in [5.41, 5.74) is -1.56. The first kappa shape index (κ1) is 4.71. The summed E-state index contributed by atoms with van der Waals surface area (Å²) in [4.78, 5) is 0. The van der Waals surface area contributed by atoms with Crippen molar-refractivity contribution < 1.29 is 11.5 Å². The average Bonchev–Trinajstić information content (AvgIpc) is 1.62. The molecule has 0 atom stereocenters. The molecule has 0 bridgehead atoms. The Morgan fingerprint density at radius 3 is 2.00 bits per heavy atom. The van der Waals surface area contributed by atoms with Crippen molar-refractivity contribution in [3.05, 3.63) is 0 Å². The van der Waals surface area contributed by atoms with Crippen molar-refractivity contribution in [1.29, 1.82) is 0 Å². The van der Waals surface area contributed by atoms with Gasteiger partial charge in [-0.3, -0.25) is 0 Å². The van der Waals surface area contributed by atoms with E-state index in [1.165, 1.54) is 20.8 Å². The third-order valence-corrected chi connectivity index (χ3v) is 1.19. The van der Waals surface area contributed by atoms with Gasteiger partial charge < -0.3 is 0 Å². The summed E-state index contributed by atoms with van der Waals surface area (Å²) in [5, 5.41) is 0. The Hall–Kier alpha value is -0.140. The summed E-state index contributed by atoms with van der Waals surface area (Å²) in [7, 11) is 0. The third kappa shape index (κ3) is 1.76. The number of hydrogen-bond acceptors (Lipinski definition) is 0. The van der Waals surface area contributed by atoms with Crippen molar-refractivity contribution in [1.82, 2.24) is 0 Å². The van der Waals surface area contributed by atoms with Crippen LogP contribution in [-0.4, -0.2) is 6.43 Å². The Kier molecular flexibility index (Phi) is 1.43. The Morgan fingerprint density at radius 2 is 2.00 bits per heavy atom. The van der Waals surface area contributed by atoms with Crippen LogP contribution in [0.2, 0.25) is 0 Å². The smallest absolute Gasteiger partial charge is 0.210 e. The normalized spacial score (nSPS) is 18.2. The molecule has 0 aliphatic rings. The first-order chi connectivity index (χ1) is 4.19. The van der Waals surface area contributed by atoms with Gasteiger partial charge in [-0.2, -0.15) is 0 Å². The van der Waals surface area contributed by atoms with Crippen molar-refractivity contribution in [3.8, 4) is 0 Å². The second-order valence-electron chi connectivity index (χ2n) is 2.27. The molecule has 0 heterocycles. The lowest BCUT2D eigenvalue weighted by Crippen LogP contribution is -2.19. The lowest BCUT2D eigenvalue weighted by molar-refractivity contribution is 0.0173. The van der Waals surface area contributed by atoms with Gasteiger partial charge in [0.25, 0.3) is 0 Å². The highest BCUT2D eigenvalue weighted by molar-refractivity contribution is 4.67. The molecule has 0 N–H and O–H groups in total. The fourth-order valence-corrected chi connectivity index (χ4v) is 0.109. The molecule has 0 unspecified atom stereocenters. The molecule has 0 aromatic heterocycles. The van der Waals surface area contributed by atoms with Crippen LogP contribution < -0.4 is 0 Å². The van der Waals surface area contributed by atoms with Gasteiger partial charge in [-0.05, 0) is 6.37 Å². The van der Waals surface area contributed by atoms with Gasteiger partial charge >= 0.3 is 0 Å². The molecule has 2 heteroatoms. The molecule has 50 valence electrons. The average molecular weight is 124 g/mol. The van der Waals surface area contributed by atoms with Gasteiger partial charge in [0.2, 0.25) is 6.43 Å². The van der Waals surface area contributed by atoms with E-state index in [0.29, 0.717) is 0 Å². The van der Waals surface area contributed by atoms with E-state index < -0.39 is 18.2 Å². The Bertz CT molecular complexity index is 115. The van der Waals surface area contributed by atoms with Gasteiger partial charge in [-0.15, -0.1) is 0 Å². The van der Waals surface area contributed by atoms with Crippen LogP contribution in [0.3, 0.4) is 0 Å². The lowest BCUT2D eigenvalue weighted by atomic mass is 9.91. The second-order valence-corrected chi connectivity index (χ2v) is 2.27. The minimum Gasteiger partial charge on any atom is -0.210 e. The standard InChI is InChI=1S/C6H12F2/c1-4-6(2,3)5(7)8/h5H,4H2,1-3H3/i4D2. The lowest BCUT2D eigenvalue weighted by Gasteiger charge is -2.20. The largest absolute Gasteiger partial charge is 0.243 e. The first-order valence-electron chi connectivity index (χ1n) is 3.48. The third-order valence-electron chi connectivity index (χ3n) is 1.19. The van der Waals surface area contributed by atoms with E-state index in [4.69, 9.17) is 2.74 Å². The summed E-state index contributed by atoms with van der Waals surface area (Å²) in [5.74, 6) is 0. The molecule has 0 nitrogen and oxygen atoms in total. The van der Waals surface area contributed by atoms with E-state index in [1.54, 1.807) is 0 Å². The van der Waals surface area contributed by atoms with E-state index in [0.717, 1.165) is 0 Å². The molecule has 8 heavy (non-hydrogen) atoms. The number of halogens is 2. The van der Waals surface area contributed by atoms with Gasteiger partial charge in [0.15, 0.2) is 0 Å². The molecular weight excluding hydrogens is 110 g/mol. The fourth-order valence-electron chi connectivity index (χ4n) is 0.109. The summed E-state index contributed by atoms with van der Waals surface area (Å²) < 4.78 is 38.2. The number of hydrogen-bond donors (Lipinski definition) is 0. The summed E-state index contributed by atoms with van der Waals surface area (Å²) in [6, 6.07) is 0. The quantitative estimate of drug-likeness (QED) is 0.531. The van der Waals surface area contributed by atoms with Gasteiger partial charge in [-0.1, -0.05) is 20.8 Å². The molecule has 0 aliphatic heterocycles. The zero-order valence-corrected chi connectivity index (χ0v) is 5.33. The molecule has 0 saturated carbocycles. The highest BCUT2D eigenvalue weighted by Crippen LogP contribution is 2.27. The zero-order valence-electron chi connectivity index (χ0n) is 7.33. The van der Waals surface area contributed by atoms with Crippen LogP contribution in [0.15, 0.2) is 0 Å². The minimum absolute atomic E-state index is 1.17. The topological polar surface area (TPSA) is 0 Å². The van der Waals surface area contributed by atoms with Gasteiger partial charge in [0.05, 0.1) is 0 Å². The van der Waals surface area contributed by atoms with Crippen LogP contribution in [0, 0.1) is 5.41 Å². The maximum absolute atomic E-state index is 12.1. The van der Waals surface area contributed by atoms with Crippen molar-refractivity contribution >= 4 is 0 Å². The Morgan fingerprint density at radius 1 is 1.62 bits per heavy atom. The highest BCUT2D eigenvalue weighted by Gasteiger charge is 2.26. The predicted octanol–water partition coefficient (Wildman–Crippen LogP) is 2.69. The maximum atomic E-state index is 12.1. The molecular formula is C6H12F2. The van der Waals surface area contributed by atoms with Gasteiger partial charge in [-0.25, -0.2) is 8.78 Å². The second kappa shape index (κ2) is 2.42. The van der Waals surface area contributed by atoms with Gasteiger partial charge in [0.1, 0.15) is 0 Å². The minimum atomic E-state index is -2.62. The van der Waals surface area contributed by atoms with Gasteiger partial charge in [0, 0.05) is 8.16 Å². The zero-order chi connectivity index (χ0) is 8.58. The van der Waals surface area contributed by atoms with Crippen LogP contribution >= 0.6 is 0 Å². The molecule has 0 saturated heterocycles. The van der Waals surface area contributed by atoms with Crippen molar-refractivity contribution in [2.45, 2.75) is 33.6 Å². The Labute approximate surface area is 51.7 Å². The van der Waals surface area contributed by atoms with Crippen molar-refractivity contribution in [3.63, 3.8) is 0 Å². The fraction of sp³-hybridized carbons (Fsp3) is 1.00. The van der Waals surface area contributed by atoms with E-state index in [1.807, 2.05) is 0 Å². The van der Waals surface area contributed by atoms with E-state index in [2.05, 4.69) is 0 Å². The van der Waals surface area contributed by atoms with Crippen LogP contribution in [0.5, 0.6) is 0 Å². The molecule has 0 spiro atoms. The van der Waals surface area contributed by atoms with Crippen LogP contribution in [-0.2, 0) is 0 Å². The molecule has 0 radical (unpaired) electrons. The number of rotatable bonds is 2. The van der Waals surface area contributed by atoms with Crippen LogP contribution in [0.1, 0.15) is 29.9 Å². The molecule has 0 aliphatic carbocycles. The van der Waals surface area contributed by atoms with Crippen molar-refractivity contribution in [2.24, 2.45) is 5.41 Å². The van der Waals surface area contributed by atoms with E-state index in [-0.39, 0.29) is 0 Å². The van der Waals surface area contributed by atoms with Crippen LogP contribution in [0.25, 0.3) is 0 Å². The first-order valence-corrected chi connectivity index (χ1v) is 2.48. The Balaban J connectivity index is 4.40. The molecule has 0 amide bonds. The summed E-state index contributed by atoms with van der Waals surface area (Å²) >= 11 is 0. The van der Waals surface area contributed by atoms with Crippen LogP contribution in [0.4, 0.5) is 8.78 Å². The number of alkyl halides is 2.